The third-order valence-electron chi connectivity index (χ3n) is 2.85. The molecule has 3 amide bonds. The number of hydrogen-bond donors (Lipinski definition) is 3. The Morgan fingerprint density at radius 3 is 2.55 bits per heavy atom. The van der Waals surface area contributed by atoms with E-state index in [9.17, 15) is 14.4 Å². The number of nitrogens with two attached hydrogens (primary N) is 1. The first-order valence-electron chi connectivity index (χ1n) is 6.97. The summed E-state index contributed by atoms with van der Waals surface area (Å²) in [6, 6.07) is 5.66. The largest absolute Gasteiger partial charge is 0.481 e. The number of benzene rings is 1. The highest BCUT2D eigenvalue weighted by molar-refractivity contribution is 5.96. The molecule has 0 heterocycles. The number of carbonyl (C=O) groups is 3. The summed E-state index contributed by atoms with van der Waals surface area (Å²) in [6.07, 6.45) is -0.113. The summed E-state index contributed by atoms with van der Waals surface area (Å²) in [4.78, 5) is 35.6. The van der Waals surface area contributed by atoms with Crippen LogP contribution < -0.4 is 11.1 Å². The summed E-state index contributed by atoms with van der Waals surface area (Å²) < 4.78 is 0. The fourth-order valence-electron chi connectivity index (χ4n) is 2.00. The minimum Gasteiger partial charge on any atom is -0.481 e. The second-order valence-electron chi connectivity index (χ2n) is 5.36. The van der Waals surface area contributed by atoms with Gasteiger partial charge in [0.05, 0.1) is 6.42 Å². The second-order valence-corrected chi connectivity index (χ2v) is 5.36. The van der Waals surface area contributed by atoms with Gasteiger partial charge < -0.3 is 21.1 Å². The Labute approximate surface area is 129 Å². The van der Waals surface area contributed by atoms with Crippen molar-refractivity contribution < 1.29 is 19.5 Å². The van der Waals surface area contributed by atoms with E-state index in [1.165, 1.54) is 11.0 Å². The van der Waals surface area contributed by atoms with Gasteiger partial charge in [0.1, 0.15) is 0 Å². The summed E-state index contributed by atoms with van der Waals surface area (Å²) >= 11 is 0. The number of carbonyl (C=O) groups excluding carboxylic acids is 2. The number of primary amides is 1. The zero-order chi connectivity index (χ0) is 16.7. The molecule has 0 saturated heterocycles. The lowest BCUT2D eigenvalue weighted by molar-refractivity contribution is -0.137. The van der Waals surface area contributed by atoms with Gasteiger partial charge in [-0.25, -0.2) is 4.79 Å². The van der Waals surface area contributed by atoms with Crippen LogP contribution in [0.15, 0.2) is 24.3 Å². The minimum atomic E-state index is -0.953. The number of rotatable bonds is 7. The highest BCUT2D eigenvalue weighted by Gasteiger charge is 2.18. The summed E-state index contributed by atoms with van der Waals surface area (Å²) in [5.74, 6) is -1.02. The van der Waals surface area contributed by atoms with E-state index in [0.29, 0.717) is 17.8 Å². The Morgan fingerprint density at radius 1 is 1.32 bits per heavy atom. The second kappa shape index (κ2) is 8.02. The van der Waals surface area contributed by atoms with Crippen LogP contribution in [0.3, 0.4) is 0 Å². The molecule has 4 N–H and O–H groups in total. The predicted octanol–water partition coefficient (Wildman–Crippen LogP) is 1.75. The molecule has 0 spiro atoms. The lowest BCUT2D eigenvalue weighted by Crippen LogP contribution is -2.36. The molecule has 0 radical (unpaired) electrons. The van der Waals surface area contributed by atoms with Crippen LogP contribution in [0.5, 0.6) is 0 Å². The van der Waals surface area contributed by atoms with Crippen LogP contribution in [0.2, 0.25) is 0 Å². The Bertz CT molecular complexity index is 557. The van der Waals surface area contributed by atoms with Gasteiger partial charge >= 0.3 is 12.0 Å². The first kappa shape index (κ1) is 17.5. The van der Waals surface area contributed by atoms with E-state index in [-0.39, 0.29) is 24.8 Å². The Balaban J connectivity index is 2.91. The summed E-state index contributed by atoms with van der Waals surface area (Å²) in [5.41, 5.74) is 5.84. The van der Waals surface area contributed by atoms with Crippen molar-refractivity contribution in [2.24, 2.45) is 11.7 Å². The number of hydrogen-bond acceptors (Lipinski definition) is 3. The van der Waals surface area contributed by atoms with E-state index < -0.39 is 12.0 Å². The molecule has 1 aromatic rings. The predicted molar refractivity (Wildman–Crippen MR) is 82.6 cm³/mol. The zero-order valence-corrected chi connectivity index (χ0v) is 12.7. The smallest absolute Gasteiger partial charge is 0.316 e. The van der Waals surface area contributed by atoms with Crippen LogP contribution in [-0.4, -0.2) is 41.0 Å². The fraction of sp³-hybridized carbons (Fsp3) is 0.400. The Kier molecular flexibility index (Phi) is 6.37. The lowest BCUT2D eigenvalue weighted by Gasteiger charge is -2.24. The highest BCUT2D eigenvalue weighted by Crippen LogP contribution is 2.14. The average molecular weight is 307 g/mol. The van der Waals surface area contributed by atoms with Gasteiger partial charge in [-0.15, -0.1) is 0 Å². The number of carboxylic acids is 1. The van der Waals surface area contributed by atoms with Crippen molar-refractivity contribution in [1.82, 2.24) is 4.90 Å². The molecule has 120 valence electrons. The summed E-state index contributed by atoms with van der Waals surface area (Å²) in [6.45, 7) is 4.50. The van der Waals surface area contributed by atoms with Gasteiger partial charge in [0, 0.05) is 24.3 Å². The van der Waals surface area contributed by atoms with Crippen LogP contribution in [0.1, 0.15) is 30.6 Å². The molecule has 1 aromatic carbocycles. The van der Waals surface area contributed by atoms with Crippen LogP contribution in [0.4, 0.5) is 10.5 Å². The zero-order valence-electron chi connectivity index (χ0n) is 12.7. The summed E-state index contributed by atoms with van der Waals surface area (Å²) in [5, 5.41) is 11.2. The number of anilines is 1. The van der Waals surface area contributed by atoms with E-state index in [2.05, 4.69) is 5.32 Å². The third kappa shape index (κ3) is 5.82. The molecule has 0 atom stereocenters. The molecule has 0 saturated carbocycles. The van der Waals surface area contributed by atoms with Crippen LogP contribution in [0.25, 0.3) is 0 Å². The molecule has 0 aliphatic heterocycles. The molecule has 0 bridgehead atoms. The maximum absolute atomic E-state index is 12.5. The van der Waals surface area contributed by atoms with Crippen LogP contribution in [0, 0.1) is 5.92 Å². The quantitative estimate of drug-likeness (QED) is 0.712. The first-order chi connectivity index (χ1) is 10.3. The van der Waals surface area contributed by atoms with Crippen molar-refractivity contribution in [1.29, 1.82) is 0 Å². The van der Waals surface area contributed by atoms with Crippen molar-refractivity contribution in [3.8, 4) is 0 Å². The molecule has 22 heavy (non-hydrogen) atoms. The molecule has 0 aliphatic carbocycles. The van der Waals surface area contributed by atoms with Crippen molar-refractivity contribution in [2.45, 2.75) is 20.3 Å². The van der Waals surface area contributed by atoms with Crippen molar-refractivity contribution in [3.05, 3.63) is 29.8 Å². The standard InChI is InChI=1S/C15H21N3O4/c1-10(2)9-18(7-6-13(19)20)14(21)11-4-3-5-12(8-11)17-15(16)22/h3-5,8,10H,6-7,9H2,1-2H3,(H,19,20)(H3,16,17,22). The van der Waals surface area contributed by atoms with E-state index in [1.54, 1.807) is 18.2 Å². The number of urea groups is 1. The van der Waals surface area contributed by atoms with Crippen molar-refractivity contribution in [2.75, 3.05) is 18.4 Å². The maximum Gasteiger partial charge on any atom is 0.316 e. The molecule has 7 heteroatoms. The van der Waals surface area contributed by atoms with Gasteiger partial charge in [-0.2, -0.15) is 0 Å². The van der Waals surface area contributed by atoms with Gasteiger partial charge in [-0.3, -0.25) is 9.59 Å². The monoisotopic (exact) mass is 307 g/mol. The van der Waals surface area contributed by atoms with E-state index in [0.717, 1.165) is 0 Å². The fourth-order valence-corrected chi connectivity index (χ4v) is 2.00. The Hall–Kier alpha value is -2.57. The van der Waals surface area contributed by atoms with Crippen LogP contribution >= 0.6 is 0 Å². The molecule has 0 aliphatic rings. The molecule has 0 aromatic heterocycles. The summed E-state index contributed by atoms with van der Waals surface area (Å²) in [7, 11) is 0. The lowest BCUT2D eigenvalue weighted by atomic mass is 10.1. The number of nitrogens with zero attached hydrogens (tertiary/aromatic N) is 1. The maximum atomic E-state index is 12.5. The normalized spacial score (nSPS) is 10.3. The minimum absolute atomic E-state index is 0.113. The molecule has 0 fully saturated rings. The third-order valence-corrected chi connectivity index (χ3v) is 2.85. The van der Waals surface area contributed by atoms with Crippen molar-refractivity contribution >= 4 is 23.6 Å². The molecular weight excluding hydrogens is 286 g/mol. The number of carboxylic acid groups (broad SMARTS) is 1. The SMILES string of the molecule is CC(C)CN(CCC(=O)O)C(=O)c1cccc(NC(N)=O)c1. The van der Waals surface area contributed by atoms with E-state index >= 15 is 0 Å². The number of amides is 3. The highest BCUT2D eigenvalue weighted by atomic mass is 16.4. The van der Waals surface area contributed by atoms with Gasteiger partial charge in [0.25, 0.3) is 5.91 Å². The molecule has 1 rings (SSSR count). The Morgan fingerprint density at radius 2 is 2.00 bits per heavy atom. The van der Waals surface area contributed by atoms with E-state index in [4.69, 9.17) is 10.8 Å². The van der Waals surface area contributed by atoms with E-state index in [1.807, 2.05) is 13.8 Å². The van der Waals surface area contributed by atoms with Gasteiger partial charge in [-0.05, 0) is 24.1 Å². The molecule has 7 nitrogen and oxygen atoms in total. The van der Waals surface area contributed by atoms with Gasteiger partial charge in [0.15, 0.2) is 0 Å². The van der Waals surface area contributed by atoms with Crippen LogP contribution in [-0.2, 0) is 4.79 Å². The molecular formula is C15H21N3O4. The van der Waals surface area contributed by atoms with Gasteiger partial charge in [0.2, 0.25) is 0 Å². The average Bonchev–Trinajstić information content (AvgIpc) is 2.41. The van der Waals surface area contributed by atoms with Crippen molar-refractivity contribution in [3.63, 3.8) is 0 Å². The first-order valence-corrected chi connectivity index (χ1v) is 6.97. The number of nitrogens with one attached hydrogen (secondary N) is 1. The molecule has 0 unspecified atom stereocenters. The number of aliphatic carboxylic acids is 1. The van der Waals surface area contributed by atoms with Gasteiger partial charge in [-0.1, -0.05) is 19.9 Å². The topological polar surface area (TPSA) is 113 Å².